The molecule has 0 aliphatic heterocycles. The van der Waals surface area contributed by atoms with Gasteiger partial charge in [0.05, 0.1) is 12.8 Å². The molecule has 0 atom stereocenters. The topological polar surface area (TPSA) is 90.1 Å². The van der Waals surface area contributed by atoms with Crippen molar-refractivity contribution >= 4 is 51.4 Å². The van der Waals surface area contributed by atoms with Crippen LogP contribution in [0.3, 0.4) is 0 Å². The summed E-state index contributed by atoms with van der Waals surface area (Å²) in [6.45, 7) is 0. The van der Waals surface area contributed by atoms with Crippen LogP contribution < -0.4 is 15.8 Å². The van der Waals surface area contributed by atoms with Gasteiger partial charge in [-0.1, -0.05) is 46.8 Å². The Bertz CT molecular complexity index is 915. The lowest BCUT2D eigenvalue weighted by Crippen LogP contribution is -2.12. The fourth-order valence-corrected chi connectivity index (χ4v) is 3.91. The number of carbonyl (C=O) groups is 1. The van der Waals surface area contributed by atoms with Crippen LogP contribution in [0.5, 0.6) is 5.75 Å². The van der Waals surface area contributed by atoms with Gasteiger partial charge < -0.3 is 15.8 Å². The SMILES string of the molecule is COc1ccc(Cl)cc1NC(=O)c1ccc(CSc2nnc(N)s2)cc1. The molecule has 0 spiro atoms. The van der Waals surface area contributed by atoms with E-state index in [0.717, 1.165) is 15.7 Å². The molecule has 9 heteroatoms. The molecular weight excluding hydrogens is 392 g/mol. The Morgan fingerprint density at radius 1 is 1.27 bits per heavy atom. The van der Waals surface area contributed by atoms with E-state index in [2.05, 4.69) is 15.5 Å². The average molecular weight is 407 g/mol. The second-order valence-corrected chi connectivity index (χ2v) is 7.86. The van der Waals surface area contributed by atoms with Gasteiger partial charge in [0.15, 0.2) is 4.34 Å². The van der Waals surface area contributed by atoms with Crippen LogP contribution in [0.2, 0.25) is 5.02 Å². The molecule has 134 valence electrons. The predicted molar refractivity (Wildman–Crippen MR) is 106 cm³/mol. The summed E-state index contributed by atoms with van der Waals surface area (Å²) in [5.74, 6) is 1.03. The molecule has 0 radical (unpaired) electrons. The normalized spacial score (nSPS) is 10.5. The van der Waals surface area contributed by atoms with Gasteiger partial charge in [-0.15, -0.1) is 10.2 Å². The first-order valence-electron chi connectivity index (χ1n) is 7.51. The molecule has 3 N–H and O–H groups in total. The van der Waals surface area contributed by atoms with Crippen LogP contribution in [0.15, 0.2) is 46.8 Å². The second-order valence-electron chi connectivity index (χ2n) is 5.19. The van der Waals surface area contributed by atoms with Crippen LogP contribution in [0.4, 0.5) is 10.8 Å². The Balaban J connectivity index is 1.64. The van der Waals surface area contributed by atoms with Gasteiger partial charge in [-0.05, 0) is 35.9 Å². The Labute approximate surface area is 163 Å². The second kappa shape index (κ2) is 8.39. The summed E-state index contributed by atoms with van der Waals surface area (Å²) in [6, 6.07) is 12.4. The summed E-state index contributed by atoms with van der Waals surface area (Å²) in [4.78, 5) is 12.4. The molecule has 0 bridgehead atoms. The van der Waals surface area contributed by atoms with Crippen LogP contribution in [0.25, 0.3) is 0 Å². The number of nitrogens with zero attached hydrogens (tertiary/aromatic N) is 2. The minimum Gasteiger partial charge on any atom is -0.495 e. The van der Waals surface area contributed by atoms with E-state index in [0.29, 0.717) is 27.2 Å². The lowest BCUT2D eigenvalue weighted by atomic mass is 10.1. The number of halogens is 1. The maximum absolute atomic E-state index is 12.4. The molecule has 1 heterocycles. The monoisotopic (exact) mass is 406 g/mol. The van der Waals surface area contributed by atoms with Crippen molar-refractivity contribution in [3.05, 3.63) is 58.6 Å². The number of rotatable bonds is 6. The van der Waals surface area contributed by atoms with Crippen LogP contribution >= 0.6 is 34.7 Å². The van der Waals surface area contributed by atoms with Gasteiger partial charge in [0.25, 0.3) is 5.91 Å². The quantitative estimate of drug-likeness (QED) is 0.592. The third kappa shape index (κ3) is 4.66. The Kier molecular flexibility index (Phi) is 5.97. The van der Waals surface area contributed by atoms with Crippen molar-refractivity contribution in [3.63, 3.8) is 0 Å². The molecule has 0 aliphatic carbocycles. The summed E-state index contributed by atoms with van der Waals surface area (Å²) >= 11 is 8.89. The van der Waals surface area contributed by atoms with Crippen molar-refractivity contribution in [3.8, 4) is 5.75 Å². The summed E-state index contributed by atoms with van der Waals surface area (Å²) < 4.78 is 6.05. The summed E-state index contributed by atoms with van der Waals surface area (Å²) in [6.07, 6.45) is 0. The van der Waals surface area contributed by atoms with Gasteiger partial charge in [-0.2, -0.15) is 0 Å². The van der Waals surface area contributed by atoms with Crippen LogP contribution in [-0.4, -0.2) is 23.2 Å². The van der Waals surface area contributed by atoms with E-state index in [-0.39, 0.29) is 5.91 Å². The molecule has 0 aliphatic rings. The van der Waals surface area contributed by atoms with Gasteiger partial charge in [0, 0.05) is 16.3 Å². The first-order valence-corrected chi connectivity index (χ1v) is 9.69. The van der Waals surface area contributed by atoms with Crippen molar-refractivity contribution in [2.75, 3.05) is 18.2 Å². The highest BCUT2D eigenvalue weighted by atomic mass is 35.5. The average Bonchev–Trinajstić information content (AvgIpc) is 3.06. The number of methoxy groups -OCH3 is 1. The third-order valence-corrected chi connectivity index (χ3v) is 5.60. The lowest BCUT2D eigenvalue weighted by molar-refractivity contribution is 0.102. The summed E-state index contributed by atoms with van der Waals surface area (Å²) in [7, 11) is 1.54. The molecule has 3 aromatic rings. The molecular formula is C17H15ClN4O2S2. The molecule has 26 heavy (non-hydrogen) atoms. The number of benzene rings is 2. The zero-order valence-electron chi connectivity index (χ0n) is 13.7. The van der Waals surface area contributed by atoms with Crippen molar-refractivity contribution in [2.24, 2.45) is 0 Å². The highest BCUT2D eigenvalue weighted by Crippen LogP contribution is 2.29. The van der Waals surface area contributed by atoms with Crippen LogP contribution in [0.1, 0.15) is 15.9 Å². The first-order chi connectivity index (χ1) is 12.5. The number of aromatic nitrogens is 2. The molecule has 3 rings (SSSR count). The Morgan fingerprint density at radius 3 is 2.69 bits per heavy atom. The fourth-order valence-electron chi connectivity index (χ4n) is 2.15. The number of thioether (sulfide) groups is 1. The smallest absolute Gasteiger partial charge is 0.255 e. The van der Waals surface area contributed by atoms with Crippen molar-refractivity contribution in [1.82, 2.24) is 10.2 Å². The number of hydrogen-bond donors (Lipinski definition) is 2. The standard InChI is InChI=1S/C17H15ClN4O2S2/c1-24-14-7-6-12(18)8-13(14)20-15(23)11-4-2-10(3-5-11)9-25-17-22-21-16(19)26-17/h2-8H,9H2,1H3,(H2,19,21)(H,20,23). The summed E-state index contributed by atoms with van der Waals surface area (Å²) in [5.41, 5.74) is 7.70. The predicted octanol–water partition coefficient (Wildman–Crippen LogP) is 4.33. The number of nitrogens with two attached hydrogens (primary N) is 1. The number of anilines is 2. The van der Waals surface area contributed by atoms with Crippen LogP contribution in [0, 0.1) is 0 Å². The van der Waals surface area contributed by atoms with Gasteiger partial charge in [-0.25, -0.2) is 0 Å². The highest BCUT2D eigenvalue weighted by molar-refractivity contribution is 8.00. The minimum absolute atomic E-state index is 0.235. The van der Waals surface area contributed by atoms with E-state index in [1.165, 1.54) is 18.4 Å². The van der Waals surface area contributed by atoms with E-state index in [1.54, 1.807) is 42.1 Å². The molecule has 6 nitrogen and oxygen atoms in total. The number of nitrogen functional groups attached to an aromatic ring is 1. The number of amides is 1. The molecule has 0 saturated heterocycles. The van der Waals surface area contributed by atoms with Crippen molar-refractivity contribution in [1.29, 1.82) is 0 Å². The largest absolute Gasteiger partial charge is 0.495 e. The van der Waals surface area contributed by atoms with E-state index < -0.39 is 0 Å². The molecule has 2 aromatic carbocycles. The molecule has 0 saturated carbocycles. The maximum Gasteiger partial charge on any atom is 0.255 e. The first kappa shape index (κ1) is 18.5. The van der Waals surface area contributed by atoms with E-state index in [9.17, 15) is 4.79 Å². The minimum atomic E-state index is -0.235. The van der Waals surface area contributed by atoms with E-state index >= 15 is 0 Å². The number of carbonyl (C=O) groups excluding carboxylic acids is 1. The summed E-state index contributed by atoms with van der Waals surface area (Å²) in [5, 5.41) is 11.5. The molecule has 0 unspecified atom stereocenters. The van der Waals surface area contributed by atoms with Crippen LogP contribution in [-0.2, 0) is 5.75 Å². The molecule has 0 fully saturated rings. The fraction of sp³-hybridized carbons (Fsp3) is 0.118. The van der Waals surface area contributed by atoms with Gasteiger partial charge in [0.2, 0.25) is 5.13 Å². The lowest BCUT2D eigenvalue weighted by Gasteiger charge is -2.11. The maximum atomic E-state index is 12.4. The number of nitrogens with one attached hydrogen (secondary N) is 1. The van der Waals surface area contributed by atoms with Gasteiger partial charge >= 0.3 is 0 Å². The van der Waals surface area contributed by atoms with Gasteiger partial charge in [0.1, 0.15) is 5.75 Å². The zero-order valence-corrected chi connectivity index (χ0v) is 16.1. The van der Waals surface area contributed by atoms with Crippen molar-refractivity contribution < 1.29 is 9.53 Å². The zero-order chi connectivity index (χ0) is 18.5. The molecule has 1 amide bonds. The van der Waals surface area contributed by atoms with Crippen molar-refractivity contribution in [2.45, 2.75) is 10.1 Å². The number of hydrogen-bond acceptors (Lipinski definition) is 7. The molecule has 1 aromatic heterocycles. The van der Waals surface area contributed by atoms with E-state index in [4.69, 9.17) is 22.1 Å². The van der Waals surface area contributed by atoms with E-state index in [1.807, 2.05) is 12.1 Å². The van der Waals surface area contributed by atoms with Gasteiger partial charge in [-0.3, -0.25) is 4.79 Å². The highest BCUT2D eigenvalue weighted by Gasteiger charge is 2.11. The Hall–Kier alpha value is -2.29. The third-order valence-electron chi connectivity index (χ3n) is 3.41. The number of ether oxygens (including phenoxy) is 1. The Morgan fingerprint density at radius 2 is 2.04 bits per heavy atom.